The first-order chi connectivity index (χ1) is 11.7. The van der Waals surface area contributed by atoms with Gasteiger partial charge < -0.3 is 19.7 Å². The van der Waals surface area contributed by atoms with E-state index in [1.54, 1.807) is 0 Å². The molecule has 0 aromatic heterocycles. The van der Waals surface area contributed by atoms with Crippen LogP contribution in [0, 0.1) is 5.92 Å². The van der Waals surface area contributed by atoms with Gasteiger partial charge in [0, 0.05) is 50.8 Å². The van der Waals surface area contributed by atoms with E-state index in [1.807, 2.05) is 20.2 Å². The van der Waals surface area contributed by atoms with Crippen LogP contribution in [-0.2, 0) is 16.0 Å². The van der Waals surface area contributed by atoms with Crippen molar-refractivity contribution in [3.8, 4) is 0 Å². The lowest BCUT2D eigenvalue weighted by Crippen LogP contribution is -2.39. The average Bonchev–Trinajstić information content (AvgIpc) is 3.09. The molecule has 142 valence electrons. The Kier molecular flexibility index (Phi) is 11.7. The number of halogens is 2. The van der Waals surface area contributed by atoms with Gasteiger partial charge in [0.25, 0.3) is 0 Å². The number of benzene rings is 1. The van der Waals surface area contributed by atoms with Crippen molar-refractivity contribution in [3.63, 3.8) is 0 Å². The SMILES string of the molecule is CN=C(NCCCOCC1CCOC1)N(C)Cc1ccccc1Br.I. The van der Waals surface area contributed by atoms with E-state index in [-0.39, 0.29) is 24.0 Å². The maximum Gasteiger partial charge on any atom is 0.193 e. The molecule has 25 heavy (non-hydrogen) atoms. The number of aliphatic imine (C=N–C) groups is 1. The summed E-state index contributed by atoms with van der Waals surface area (Å²) in [7, 11) is 3.86. The number of nitrogens with zero attached hydrogens (tertiary/aromatic N) is 2. The van der Waals surface area contributed by atoms with Gasteiger partial charge in [-0.05, 0) is 24.5 Å². The van der Waals surface area contributed by atoms with Crippen LogP contribution >= 0.6 is 39.9 Å². The van der Waals surface area contributed by atoms with E-state index in [0.717, 1.165) is 62.8 Å². The van der Waals surface area contributed by atoms with E-state index in [4.69, 9.17) is 9.47 Å². The minimum atomic E-state index is 0. The summed E-state index contributed by atoms with van der Waals surface area (Å²) in [6, 6.07) is 8.26. The fraction of sp³-hybridized carbons (Fsp3) is 0.611. The van der Waals surface area contributed by atoms with Crippen LogP contribution in [0.4, 0.5) is 0 Å². The summed E-state index contributed by atoms with van der Waals surface area (Å²) >= 11 is 3.59. The quantitative estimate of drug-likeness (QED) is 0.244. The molecule has 1 aromatic rings. The Hall–Kier alpha value is -0.380. The molecule has 0 amide bonds. The second-order valence-corrected chi connectivity index (χ2v) is 6.93. The molecule has 1 unspecified atom stereocenters. The molecule has 1 heterocycles. The molecule has 1 aliphatic rings. The monoisotopic (exact) mass is 525 g/mol. The number of ether oxygens (including phenoxy) is 2. The lowest BCUT2D eigenvalue weighted by molar-refractivity contribution is 0.0887. The van der Waals surface area contributed by atoms with Crippen LogP contribution in [0.2, 0.25) is 0 Å². The van der Waals surface area contributed by atoms with E-state index in [1.165, 1.54) is 5.56 Å². The highest BCUT2D eigenvalue weighted by Crippen LogP contribution is 2.17. The number of hydrogen-bond donors (Lipinski definition) is 1. The van der Waals surface area contributed by atoms with Gasteiger partial charge in [0.15, 0.2) is 5.96 Å². The van der Waals surface area contributed by atoms with Crippen LogP contribution < -0.4 is 5.32 Å². The van der Waals surface area contributed by atoms with Gasteiger partial charge in [-0.1, -0.05) is 34.1 Å². The summed E-state index contributed by atoms with van der Waals surface area (Å²) in [5, 5.41) is 3.39. The summed E-state index contributed by atoms with van der Waals surface area (Å²) in [4.78, 5) is 6.48. The van der Waals surface area contributed by atoms with Crippen LogP contribution in [-0.4, -0.2) is 57.9 Å². The van der Waals surface area contributed by atoms with Crippen molar-refractivity contribution in [1.82, 2.24) is 10.2 Å². The van der Waals surface area contributed by atoms with E-state index in [0.29, 0.717) is 5.92 Å². The molecule has 1 N–H and O–H groups in total. The number of nitrogens with one attached hydrogen (secondary N) is 1. The standard InChI is InChI=1S/C18H28BrN3O2.HI/c1-20-18(22(2)12-16-6-3-4-7-17(16)19)21-9-5-10-23-13-15-8-11-24-14-15;/h3-4,6-7,15H,5,8-14H2,1-2H3,(H,20,21);1H. The van der Waals surface area contributed by atoms with E-state index in [9.17, 15) is 0 Å². The third-order valence-electron chi connectivity index (χ3n) is 4.06. The Morgan fingerprint density at radius 2 is 2.24 bits per heavy atom. The van der Waals surface area contributed by atoms with Gasteiger partial charge in [0.05, 0.1) is 13.2 Å². The highest BCUT2D eigenvalue weighted by molar-refractivity contribution is 14.0. The fourth-order valence-corrected chi connectivity index (χ4v) is 3.09. The molecule has 0 bridgehead atoms. The molecule has 2 rings (SSSR count). The molecule has 0 radical (unpaired) electrons. The highest BCUT2D eigenvalue weighted by Gasteiger charge is 2.15. The van der Waals surface area contributed by atoms with Gasteiger partial charge in [-0.15, -0.1) is 24.0 Å². The van der Waals surface area contributed by atoms with Gasteiger partial charge in [-0.2, -0.15) is 0 Å². The highest BCUT2D eigenvalue weighted by atomic mass is 127. The molecule has 1 aromatic carbocycles. The van der Waals surface area contributed by atoms with E-state index in [2.05, 4.69) is 49.3 Å². The van der Waals surface area contributed by atoms with Gasteiger partial charge in [-0.3, -0.25) is 4.99 Å². The van der Waals surface area contributed by atoms with Crippen molar-refractivity contribution in [3.05, 3.63) is 34.3 Å². The minimum Gasteiger partial charge on any atom is -0.381 e. The number of hydrogen-bond acceptors (Lipinski definition) is 3. The lowest BCUT2D eigenvalue weighted by Gasteiger charge is -2.22. The van der Waals surface area contributed by atoms with Gasteiger partial charge >= 0.3 is 0 Å². The van der Waals surface area contributed by atoms with Crippen molar-refractivity contribution >= 4 is 45.9 Å². The Morgan fingerprint density at radius 3 is 2.92 bits per heavy atom. The zero-order valence-electron chi connectivity index (χ0n) is 15.0. The summed E-state index contributed by atoms with van der Waals surface area (Å²) in [6.45, 7) is 4.99. The van der Waals surface area contributed by atoms with Crippen molar-refractivity contribution in [1.29, 1.82) is 0 Å². The largest absolute Gasteiger partial charge is 0.381 e. The van der Waals surface area contributed by atoms with Crippen molar-refractivity contribution in [2.45, 2.75) is 19.4 Å². The van der Waals surface area contributed by atoms with Crippen molar-refractivity contribution < 1.29 is 9.47 Å². The van der Waals surface area contributed by atoms with Crippen LogP contribution in [0.15, 0.2) is 33.7 Å². The molecule has 0 aliphatic carbocycles. The first-order valence-corrected chi connectivity index (χ1v) is 9.30. The van der Waals surface area contributed by atoms with Gasteiger partial charge in [0.1, 0.15) is 0 Å². The average molecular weight is 526 g/mol. The van der Waals surface area contributed by atoms with Crippen LogP contribution in [0.5, 0.6) is 0 Å². The third kappa shape index (κ3) is 8.23. The van der Waals surface area contributed by atoms with E-state index >= 15 is 0 Å². The molecular weight excluding hydrogens is 497 g/mol. The molecule has 1 atom stereocenters. The Bertz CT molecular complexity index is 525. The fourth-order valence-electron chi connectivity index (χ4n) is 2.68. The second kappa shape index (κ2) is 12.9. The third-order valence-corrected chi connectivity index (χ3v) is 4.84. The molecule has 0 spiro atoms. The Morgan fingerprint density at radius 1 is 1.44 bits per heavy atom. The Labute approximate surface area is 176 Å². The molecule has 5 nitrogen and oxygen atoms in total. The number of rotatable bonds is 8. The molecule has 1 saturated heterocycles. The molecule has 1 aliphatic heterocycles. The van der Waals surface area contributed by atoms with Crippen LogP contribution in [0.1, 0.15) is 18.4 Å². The number of guanidine groups is 1. The minimum absolute atomic E-state index is 0. The normalized spacial score (nSPS) is 17.2. The van der Waals surface area contributed by atoms with Gasteiger partial charge in [-0.25, -0.2) is 0 Å². The summed E-state index contributed by atoms with van der Waals surface area (Å²) in [5.41, 5.74) is 1.24. The smallest absolute Gasteiger partial charge is 0.193 e. The molecule has 7 heteroatoms. The topological polar surface area (TPSA) is 46.1 Å². The summed E-state index contributed by atoms with van der Waals surface area (Å²) in [6.07, 6.45) is 2.10. The van der Waals surface area contributed by atoms with Crippen LogP contribution in [0.25, 0.3) is 0 Å². The summed E-state index contributed by atoms with van der Waals surface area (Å²) in [5.74, 6) is 1.48. The summed E-state index contributed by atoms with van der Waals surface area (Å²) < 4.78 is 12.2. The van der Waals surface area contributed by atoms with Crippen molar-refractivity contribution in [2.24, 2.45) is 10.9 Å². The first-order valence-electron chi connectivity index (χ1n) is 8.51. The Balaban J connectivity index is 0.00000312. The zero-order chi connectivity index (χ0) is 17.2. The maximum absolute atomic E-state index is 5.73. The van der Waals surface area contributed by atoms with Crippen molar-refractivity contribution in [2.75, 3.05) is 47.1 Å². The zero-order valence-corrected chi connectivity index (χ0v) is 19.0. The molecule has 1 fully saturated rings. The van der Waals surface area contributed by atoms with Gasteiger partial charge in [0.2, 0.25) is 0 Å². The second-order valence-electron chi connectivity index (χ2n) is 6.08. The molecular formula is C18H29BrIN3O2. The van der Waals surface area contributed by atoms with E-state index < -0.39 is 0 Å². The molecule has 0 saturated carbocycles. The van der Waals surface area contributed by atoms with Crippen LogP contribution in [0.3, 0.4) is 0 Å². The predicted octanol–water partition coefficient (Wildman–Crippen LogP) is 3.52. The first kappa shape index (κ1) is 22.7. The maximum atomic E-state index is 5.73. The predicted molar refractivity (Wildman–Crippen MR) is 117 cm³/mol. The lowest BCUT2D eigenvalue weighted by atomic mass is 10.1.